The molecule has 5 aromatic rings. The van der Waals surface area contributed by atoms with Crippen LogP contribution < -0.4 is 0 Å². The Balaban J connectivity index is 1.37. The molecule has 1 aliphatic carbocycles. The van der Waals surface area contributed by atoms with Gasteiger partial charge in [0.15, 0.2) is 11.6 Å². The van der Waals surface area contributed by atoms with Gasteiger partial charge in [-0.25, -0.2) is 14.4 Å². The number of hydrogen-bond donors (Lipinski definition) is 0. The Hall–Kier alpha value is -4.45. The fourth-order valence-corrected chi connectivity index (χ4v) is 5.34. The summed E-state index contributed by atoms with van der Waals surface area (Å²) in [6.45, 7) is 5.77. The van der Waals surface area contributed by atoms with Crippen LogP contribution in [0.15, 0.2) is 77.5 Å². The summed E-state index contributed by atoms with van der Waals surface area (Å²) in [6, 6.07) is 17.5. The molecular formula is C34H29FN2O3. The van der Waals surface area contributed by atoms with Gasteiger partial charge < -0.3 is 4.42 Å². The van der Waals surface area contributed by atoms with Gasteiger partial charge in [-0.15, -0.1) is 0 Å². The molecule has 40 heavy (non-hydrogen) atoms. The predicted molar refractivity (Wildman–Crippen MR) is 153 cm³/mol. The van der Waals surface area contributed by atoms with E-state index in [0.717, 1.165) is 40.9 Å². The standard InChI is InChI=1S/C34H29FN2O3/c1-4-28(38)31-27-15-23(9-12-30(27)40-32(31)22-7-10-25(35)11-8-22)26-16-24(6-5-21(26)3)29(39)17-34(13-14-34)33-36-18-20(2)19-37-33/h5-12,15-16,18-19H,4,13-14,17H2,1-3H3. The Morgan fingerprint density at radius 2 is 1.60 bits per heavy atom. The normalized spacial score (nSPS) is 13.9. The van der Waals surface area contributed by atoms with Crippen LogP contribution in [0.1, 0.15) is 70.3 Å². The van der Waals surface area contributed by atoms with Crippen molar-refractivity contribution in [2.45, 2.75) is 51.9 Å². The number of Topliss-reactive ketones (excluding diaryl/α,β-unsaturated/α-hetero) is 2. The minimum Gasteiger partial charge on any atom is -0.455 e. The molecule has 0 aliphatic heterocycles. The second-order valence-corrected chi connectivity index (χ2v) is 10.8. The number of hydrogen-bond acceptors (Lipinski definition) is 5. The van der Waals surface area contributed by atoms with Gasteiger partial charge in [-0.2, -0.15) is 0 Å². The molecule has 1 aliphatic rings. The molecule has 0 amide bonds. The molecule has 0 unspecified atom stereocenters. The molecule has 0 atom stereocenters. The number of carbonyl (C=O) groups excluding carboxylic acids is 2. The van der Waals surface area contributed by atoms with Crippen LogP contribution in [0.4, 0.5) is 4.39 Å². The zero-order valence-corrected chi connectivity index (χ0v) is 22.8. The second-order valence-electron chi connectivity index (χ2n) is 10.8. The van der Waals surface area contributed by atoms with Gasteiger partial charge in [0, 0.05) is 47.2 Å². The van der Waals surface area contributed by atoms with E-state index in [0.29, 0.717) is 46.3 Å². The Morgan fingerprint density at radius 3 is 2.27 bits per heavy atom. The highest BCUT2D eigenvalue weighted by Crippen LogP contribution is 2.50. The number of aryl methyl sites for hydroxylation is 2. The lowest BCUT2D eigenvalue weighted by Crippen LogP contribution is -2.17. The maximum absolute atomic E-state index is 13.6. The maximum atomic E-state index is 13.6. The molecule has 2 aromatic heterocycles. The highest BCUT2D eigenvalue weighted by molar-refractivity contribution is 6.12. The number of fused-ring (bicyclic) bond motifs is 1. The maximum Gasteiger partial charge on any atom is 0.167 e. The number of aromatic nitrogens is 2. The summed E-state index contributed by atoms with van der Waals surface area (Å²) in [5, 5.41) is 0.702. The molecule has 5 nitrogen and oxygen atoms in total. The van der Waals surface area contributed by atoms with Crippen LogP contribution in [0.5, 0.6) is 0 Å². The Kier molecular flexibility index (Phi) is 6.41. The predicted octanol–water partition coefficient (Wildman–Crippen LogP) is 8.21. The van der Waals surface area contributed by atoms with E-state index in [1.807, 2.05) is 69.6 Å². The first-order valence-electron chi connectivity index (χ1n) is 13.6. The highest BCUT2D eigenvalue weighted by atomic mass is 19.1. The number of furan rings is 1. The van der Waals surface area contributed by atoms with Crippen LogP contribution >= 0.6 is 0 Å². The summed E-state index contributed by atoms with van der Waals surface area (Å²) in [6.07, 6.45) is 6.10. The molecule has 0 radical (unpaired) electrons. The van der Waals surface area contributed by atoms with Crippen molar-refractivity contribution in [3.8, 4) is 22.5 Å². The van der Waals surface area contributed by atoms with E-state index in [9.17, 15) is 14.0 Å². The van der Waals surface area contributed by atoms with Crippen molar-refractivity contribution >= 4 is 22.5 Å². The Morgan fingerprint density at radius 1 is 0.900 bits per heavy atom. The fourth-order valence-electron chi connectivity index (χ4n) is 5.34. The van der Waals surface area contributed by atoms with Crippen molar-refractivity contribution in [3.63, 3.8) is 0 Å². The smallest absolute Gasteiger partial charge is 0.167 e. The molecule has 200 valence electrons. The van der Waals surface area contributed by atoms with Crippen LogP contribution in [0.3, 0.4) is 0 Å². The minimum atomic E-state index is -0.352. The van der Waals surface area contributed by atoms with E-state index in [2.05, 4.69) is 9.97 Å². The summed E-state index contributed by atoms with van der Waals surface area (Å²) in [4.78, 5) is 35.6. The molecule has 0 N–H and O–H groups in total. The van der Waals surface area contributed by atoms with Gasteiger partial charge in [0.2, 0.25) is 0 Å². The summed E-state index contributed by atoms with van der Waals surface area (Å²) in [5.74, 6) is 0.841. The molecule has 6 heteroatoms. The number of ketones is 2. The molecule has 1 fully saturated rings. The monoisotopic (exact) mass is 532 g/mol. The highest BCUT2D eigenvalue weighted by Gasteiger charge is 2.48. The van der Waals surface area contributed by atoms with Gasteiger partial charge in [-0.1, -0.05) is 25.1 Å². The van der Waals surface area contributed by atoms with E-state index >= 15 is 0 Å². The van der Waals surface area contributed by atoms with Crippen LogP contribution in [-0.2, 0) is 5.41 Å². The molecule has 2 heterocycles. The number of rotatable bonds is 8. The summed E-state index contributed by atoms with van der Waals surface area (Å²) in [7, 11) is 0. The number of carbonyl (C=O) groups is 2. The van der Waals surface area contributed by atoms with Gasteiger partial charge in [0.1, 0.15) is 23.0 Å². The lowest BCUT2D eigenvalue weighted by Gasteiger charge is -2.14. The van der Waals surface area contributed by atoms with Crippen molar-refractivity contribution in [3.05, 3.63) is 107 Å². The lowest BCUT2D eigenvalue weighted by atomic mass is 9.91. The van der Waals surface area contributed by atoms with E-state index < -0.39 is 0 Å². The fraction of sp³-hybridized carbons (Fsp3) is 0.235. The van der Waals surface area contributed by atoms with Crippen molar-refractivity contribution in [2.75, 3.05) is 0 Å². The van der Waals surface area contributed by atoms with Crippen LogP contribution in [0, 0.1) is 19.7 Å². The zero-order chi connectivity index (χ0) is 28.0. The van der Waals surface area contributed by atoms with E-state index in [1.165, 1.54) is 12.1 Å². The van der Waals surface area contributed by atoms with Gasteiger partial charge in [-0.05, 0) is 91.4 Å². The van der Waals surface area contributed by atoms with E-state index in [-0.39, 0.29) is 22.8 Å². The van der Waals surface area contributed by atoms with Crippen LogP contribution in [-0.4, -0.2) is 21.5 Å². The van der Waals surface area contributed by atoms with Crippen molar-refractivity contribution < 1.29 is 18.4 Å². The third-order valence-electron chi connectivity index (χ3n) is 7.87. The average molecular weight is 533 g/mol. The molecule has 1 saturated carbocycles. The van der Waals surface area contributed by atoms with Crippen molar-refractivity contribution in [1.82, 2.24) is 9.97 Å². The summed E-state index contributed by atoms with van der Waals surface area (Å²) < 4.78 is 19.7. The Labute approximate surface area is 232 Å². The summed E-state index contributed by atoms with van der Waals surface area (Å²) >= 11 is 0. The molecule has 0 spiro atoms. The first-order chi connectivity index (χ1) is 19.3. The van der Waals surface area contributed by atoms with Gasteiger partial charge >= 0.3 is 0 Å². The van der Waals surface area contributed by atoms with Crippen molar-refractivity contribution in [2.24, 2.45) is 0 Å². The average Bonchev–Trinajstić information content (AvgIpc) is 3.64. The van der Waals surface area contributed by atoms with Crippen LogP contribution in [0.2, 0.25) is 0 Å². The second kappa shape index (κ2) is 9.94. The molecule has 6 rings (SSSR count). The van der Waals surface area contributed by atoms with Crippen LogP contribution in [0.25, 0.3) is 33.4 Å². The molecule has 0 saturated heterocycles. The number of halogens is 1. The first-order valence-corrected chi connectivity index (χ1v) is 13.6. The number of nitrogens with zero attached hydrogens (tertiary/aromatic N) is 2. The van der Waals surface area contributed by atoms with Gasteiger partial charge in [0.05, 0.1) is 5.56 Å². The minimum absolute atomic E-state index is 0.0519. The molecular weight excluding hydrogens is 503 g/mol. The topological polar surface area (TPSA) is 73.1 Å². The van der Waals surface area contributed by atoms with Crippen molar-refractivity contribution in [1.29, 1.82) is 0 Å². The lowest BCUT2D eigenvalue weighted by molar-refractivity contribution is 0.0965. The van der Waals surface area contributed by atoms with Gasteiger partial charge in [0.25, 0.3) is 0 Å². The molecule has 3 aromatic carbocycles. The molecule has 0 bridgehead atoms. The van der Waals surface area contributed by atoms with Gasteiger partial charge in [-0.3, -0.25) is 9.59 Å². The first kappa shape index (κ1) is 25.8. The summed E-state index contributed by atoms with van der Waals surface area (Å²) in [5.41, 5.74) is 5.90. The SMILES string of the molecule is CCC(=O)c1c(-c2ccc(F)cc2)oc2ccc(-c3cc(C(=O)CC4(c5ncc(C)cn5)CC4)ccc3C)cc12. The quantitative estimate of drug-likeness (QED) is 0.188. The zero-order valence-electron chi connectivity index (χ0n) is 22.8. The number of benzene rings is 3. The largest absolute Gasteiger partial charge is 0.455 e. The Bertz CT molecular complexity index is 1760. The third kappa shape index (κ3) is 4.64. The van der Waals surface area contributed by atoms with E-state index in [1.54, 1.807) is 12.1 Å². The van der Waals surface area contributed by atoms with E-state index in [4.69, 9.17) is 4.42 Å². The third-order valence-corrected chi connectivity index (χ3v) is 7.87.